The van der Waals surface area contributed by atoms with Gasteiger partial charge < -0.3 is 29.2 Å². The van der Waals surface area contributed by atoms with E-state index in [0.717, 1.165) is 29.5 Å². The summed E-state index contributed by atoms with van der Waals surface area (Å²) in [7, 11) is -1.77. The molecule has 1 N–H and O–H groups in total. The van der Waals surface area contributed by atoms with Gasteiger partial charge in [-0.15, -0.1) is 0 Å². The fraction of sp³-hybridized carbons (Fsp3) is 0.552. The van der Waals surface area contributed by atoms with Gasteiger partial charge in [-0.25, -0.2) is 21.9 Å². The summed E-state index contributed by atoms with van der Waals surface area (Å²) in [6.07, 6.45) is 1.46. The van der Waals surface area contributed by atoms with E-state index in [9.17, 15) is 17.6 Å². The number of nitrogens with zero attached hydrogens (tertiary/aromatic N) is 2. The number of carbonyl (C=O) groups is 1. The Balaban J connectivity index is 1.12. The molecular weight excluding hydrogens is 553 g/mol. The maximum absolute atomic E-state index is 13.5. The van der Waals surface area contributed by atoms with Crippen LogP contribution in [0.3, 0.4) is 0 Å². The summed E-state index contributed by atoms with van der Waals surface area (Å²) in [5.74, 6) is -0.0998. The lowest BCUT2D eigenvalue weighted by atomic mass is 9.90. The number of urea groups is 1. The Bertz CT molecular complexity index is 1220. The molecule has 0 spiro atoms. The zero-order valence-corrected chi connectivity index (χ0v) is 24.4. The Hall–Kier alpha value is -2.61. The number of fused-ring (bicyclic) bond motifs is 1. The summed E-state index contributed by atoms with van der Waals surface area (Å²) in [4.78, 5) is 14.4. The molecule has 226 valence electrons. The summed E-state index contributed by atoms with van der Waals surface area (Å²) in [5, 5.41) is 2.91. The second-order valence-corrected chi connectivity index (χ2v) is 12.2. The van der Waals surface area contributed by atoms with Crippen molar-refractivity contribution in [3.8, 4) is 0 Å². The standard InChI is InChI=1S/C29H40FN3O7S/c1-37-12-13-38-14-15-39-16-17-40-18-19-41(35,36)33-10-8-24(9-11-33)23-3-6-28(7-4-23)31-29(34)32-21-25-2-5-27(30)20-26(25)22-32/h2-7,20,24H,8-19,21-22H2,1H3,(H,31,34). The number of carbonyl (C=O) groups excluding carboxylic acids is 1. The molecule has 2 aromatic carbocycles. The van der Waals surface area contributed by atoms with Crippen molar-refractivity contribution in [1.82, 2.24) is 9.21 Å². The highest BCUT2D eigenvalue weighted by molar-refractivity contribution is 7.89. The SMILES string of the molecule is COCCOCCOCCOCCS(=O)(=O)N1CCC(c2ccc(NC(=O)N3Cc4ccc(F)cc4C3)cc2)CC1. The normalized spacial score (nSPS) is 16.2. The molecule has 1 saturated heterocycles. The first kappa shape index (κ1) is 31.3. The van der Waals surface area contributed by atoms with Gasteiger partial charge in [0.15, 0.2) is 0 Å². The molecule has 0 radical (unpaired) electrons. The zero-order chi connectivity index (χ0) is 29.1. The first-order valence-corrected chi connectivity index (χ1v) is 15.6. The third kappa shape index (κ3) is 9.45. The molecule has 2 aromatic rings. The first-order chi connectivity index (χ1) is 19.9. The minimum atomic E-state index is -3.39. The third-order valence-electron chi connectivity index (χ3n) is 7.32. The van der Waals surface area contributed by atoms with Crippen LogP contribution in [-0.4, -0.2) is 95.9 Å². The Kier molecular flexibility index (Phi) is 11.9. The Morgan fingerprint density at radius 1 is 0.878 bits per heavy atom. The van der Waals surface area contributed by atoms with Crippen molar-refractivity contribution in [3.05, 3.63) is 65.0 Å². The smallest absolute Gasteiger partial charge is 0.322 e. The van der Waals surface area contributed by atoms with E-state index >= 15 is 0 Å². The molecule has 0 unspecified atom stereocenters. The average molecular weight is 594 g/mol. The minimum absolute atomic E-state index is 0.0524. The maximum Gasteiger partial charge on any atom is 0.322 e. The Labute approximate surface area is 241 Å². The number of methoxy groups -OCH3 is 1. The second kappa shape index (κ2) is 15.6. The topological polar surface area (TPSA) is 107 Å². The summed E-state index contributed by atoms with van der Waals surface area (Å²) in [6, 6.07) is 12.1. The molecule has 2 aliphatic rings. The quantitative estimate of drug-likeness (QED) is 0.315. The zero-order valence-electron chi connectivity index (χ0n) is 23.6. The molecular formula is C29H40FN3O7S. The van der Waals surface area contributed by atoms with Crippen LogP contribution in [0.1, 0.15) is 35.4 Å². The van der Waals surface area contributed by atoms with Crippen molar-refractivity contribution in [2.75, 3.05) is 77.5 Å². The molecule has 0 saturated carbocycles. The number of benzene rings is 2. The van der Waals surface area contributed by atoms with Gasteiger partial charge in [0.05, 0.1) is 52.0 Å². The van der Waals surface area contributed by atoms with Gasteiger partial charge in [0, 0.05) is 39.0 Å². The lowest BCUT2D eigenvalue weighted by Gasteiger charge is -2.31. The minimum Gasteiger partial charge on any atom is -0.382 e. The molecule has 2 heterocycles. The van der Waals surface area contributed by atoms with Gasteiger partial charge in [-0.1, -0.05) is 18.2 Å². The van der Waals surface area contributed by atoms with Crippen molar-refractivity contribution in [2.45, 2.75) is 31.8 Å². The van der Waals surface area contributed by atoms with Gasteiger partial charge in [0.25, 0.3) is 0 Å². The van der Waals surface area contributed by atoms with E-state index in [1.165, 1.54) is 12.1 Å². The Morgan fingerprint density at radius 2 is 1.49 bits per heavy atom. The van der Waals surface area contributed by atoms with Gasteiger partial charge in [0.1, 0.15) is 5.82 Å². The van der Waals surface area contributed by atoms with Crippen LogP contribution in [0, 0.1) is 5.82 Å². The molecule has 4 rings (SSSR count). The predicted octanol–water partition coefficient (Wildman–Crippen LogP) is 3.58. The van der Waals surface area contributed by atoms with Crippen molar-refractivity contribution >= 4 is 21.7 Å². The van der Waals surface area contributed by atoms with Crippen LogP contribution >= 0.6 is 0 Å². The highest BCUT2D eigenvalue weighted by Gasteiger charge is 2.29. The van der Waals surface area contributed by atoms with E-state index in [4.69, 9.17) is 18.9 Å². The third-order valence-corrected chi connectivity index (χ3v) is 9.15. The number of halogens is 1. The lowest BCUT2D eigenvalue weighted by molar-refractivity contribution is 0.00548. The van der Waals surface area contributed by atoms with Crippen LogP contribution in [0.2, 0.25) is 0 Å². The molecule has 0 aliphatic carbocycles. The van der Waals surface area contributed by atoms with E-state index in [2.05, 4.69) is 5.32 Å². The van der Waals surface area contributed by atoms with E-state index in [1.807, 2.05) is 24.3 Å². The van der Waals surface area contributed by atoms with Gasteiger partial charge in [-0.3, -0.25) is 0 Å². The Morgan fingerprint density at radius 3 is 2.15 bits per heavy atom. The number of amides is 2. The van der Waals surface area contributed by atoms with E-state index in [-0.39, 0.29) is 30.1 Å². The molecule has 41 heavy (non-hydrogen) atoms. The molecule has 0 aromatic heterocycles. The van der Waals surface area contributed by atoms with E-state index < -0.39 is 10.0 Å². The van der Waals surface area contributed by atoms with Crippen LogP contribution in [0.25, 0.3) is 0 Å². The molecule has 2 amide bonds. The molecule has 0 bridgehead atoms. The van der Waals surface area contributed by atoms with Gasteiger partial charge in [-0.05, 0) is 59.7 Å². The number of piperidine rings is 1. The van der Waals surface area contributed by atoms with Gasteiger partial charge in [-0.2, -0.15) is 0 Å². The van der Waals surface area contributed by atoms with Crippen LogP contribution in [0.15, 0.2) is 42.5 Å². The van der Waals surface area contributed by atoms with Crippen LogP contribution in [-0.2, 0) is 42.1 Å². The first-order valence-electron chi connectivity index (χ1n) is 14.0. The van der Waals surface area contributed by atoms with E-state index in [0.29, 0.717) is 71.5 Å². The number of ether oxygens (including phenoxy) is 4. The number of sulfonamides is 1. The number of hydrogen-bond acceptors (Lipinski definition) is 7. The largest absolute Gasteiger partial charge is 0.382 e. The van der Waals surface area contributed by atoms with Crippen molar-refractivity contribution in [2.24, 2.45) is 0 Å². The van der Waals surface area contributed by atoms with Gasteiger partial charge in [0.2, 0.25) is 10.0 Å². The fourth-order valence-electron chi connectivity index (χ4n) is 4.99. The number of anilines is 1. The van der Waals surface area contributed by atoms with Crippen molar-refractivity contribution < 1.29 is 36.6 Å². The molecule has 1 fully saturated rings. The number of nitrogens with one attached hydrogen (secondary N) is 1. The lowest BCUT2D eigenvalue weighted by Crippen LogP contribution is -2.40. The monoisotopic (exact) mass is 593 g/mol. The van der Waals surface area contributed by atoms with Crippen LogP contribution in [0.4, 0.5) is 14.9 Å². The molecule has 10 nitrogen and oxygen atoms in total. The summed E-state index contributed by atoms with van der Waals surface area (Å²) >= 11 is 0. The van der Waals surface area contributed by atoms with Gasteiger partial charge >= 0.3 is 6.03 Å². The summed E-state index contributed by atoms with van der Waals surface area (Å²) in [5.41, 5.74) is 3.59. The second-order valence-electron chi connectivity index (χ2n) is 10.1. The van der Waals surface area contributed by atoms with Crippen molar-refractivity contribution in [3.63, 3.8) is 0 Å². The predicted molar refractivity (Wildman–Crippen MR) is 153 cm³/mol. The van der Waals surface area contributed by atoms with Crippen molar-refractivity contribution in [1.29, 1.82) is 0 Å². The highest BCUT2D eigenvalue weighted by atomic mass is 32.2. The number of hydrogen-bond donors (Lipinski definition) is 1. The van der Waals surface area contributed by atoms with Crippen LogP contribution < -0.4 is 5.32 Å². The van der Waals surface area contributed by atoms with E-state index in [1.54, 1.807) is 22.4 Å². The fourth-order valence-corrected chi connectivity index (χ4v) is 6.35. The summed E-state index contributed by atoms with van der Waals surface area (Å²) in [6.45, 7) is 4.61. The highest BCUT2D eigenvalue weighted by Crippen LogP contribution is 2.30. The summed E-state index contributed by atoms with van der Waals surface area (Å²) < 4.78 is 61.6. The molecule has 12 heteroatoms. The number of rotatable bonds is 15. The molecule has 2 aliphatic heterocycles. The van der Waals surface area contributed by atoms with Crippen LogP contribution in [0.5, 0.6) is 0 Å². The molecule has 0 atom stereocenters. The average Bonchev–Trinajstić information content (AvgIpc) is 3.40. The maximum atomic E-state index is 13.5.